The van der Waals surface area contributed by atoms with Crippen LogP contribution >= 0.6 is 11.6 Å². The predicted molar refractivity (Wildman–Crippen MR) is 105 cm³/mol. The second-order valence-electron chi connectivity index (χ2n) is 5.83. The fourth-order valence-corrected chi connectivity index (χ4v) is 2.43. The number of nitrogens with one attached hydrogen (secondary N) is 2. The first-order chi connectivity index (χ1) is 12.1. The Hall–Kier alpha value is -2.79. The molecule has 1 aromatic heterocycles. The van der Waals surface area contributed by atoms with Crippen molar-refractivity contribution in [3.05, 3.63) is 71.5 Å². The highest BCUT2D eigenvalue weighted by molar-refractivity contribution is 6.30. The summed E-state index contributed by atoms with van der Waals surface area (Å²) >= 11 is 5.90. The van der Waals surface area contributed by atoms with Crippen LogP contribution in [0.3, 0.4) is 0 Å². The van der Waals surface area contributed by atoms with E-state index in [4.69, 9.17) is 11.6 Å². The van der Waals surface area contributed by atoms with Gasteiger partial charge in [-0.25, -0.2) is 9.97 Å². The maximum atomic E-state index is 5.90. The highest BCUT2D eigenvalue weighted by Gasteiger charge is 2.01. The van der Waals surface area contributed by atoms with E-state index < -0.39 is 0 Å². The maximum absolute atomic E-state index is 5.90. The Balaban J connectivity index is 1.63. The minimum atomic E-state index is 0.672. The molecule has 0 amide bonds. The quantitative estimate of drug-likeness (QED) is 0.680. The van der Waals surface area contributed by atoms with Crippen LogP contribution in [0.15, 0.2) is 60.9 Å². The second kappa shape index (κ2) is 7.85. The molecule has 0 fully saturated rings. The third-order valence-electron chi connectivity index (χ3n) is 3.71. The predicted octanol–water partition coefficient (Wildman–Crippen LogP) is 4.55. The van der Waals surface area contributed by atoms with Crippen molar-refractivity contribution in [2.24, 2.45) is 0 Å². The molecule has 1 heterocycles. The van der Waals surface area contributed by atoms with Crippen LogP contribution in [-0.4, -0.2) is 24.1 Å². The van der Waals surface area contributed by atoms with E-state index in [9.17, 15) is 0 Å². The van der Waals surface area contributed by atoms with Gasteiger partial charge in [-0.2, -0.15) is 0 Å². The van der Waals surface area contributed by atoms with Gasteiger partial charge in [0.05, 0.1) is 0 Å². The average molecular weight is 354 g/mol. The molecule has 25 heavy (non-hydrogen) atoms. The minimum absolute atomic E-state index is 0.672. The molecule has 0 atom stereocenters. The van der Waals surface area contributed by atoms with E-state index in [1.54, 1.807) is 6.33 Å². The van der Waals surface area contributed by atoms with Gasteiger partial charge < -0.3 is 15.5 Å². The number of anilines is 4. The lowest BCUT2D eigenvalue weighted by Gasteiger charge is -2.13. The molecular weight excluding hydrogens is 334 g/mol. The zero-order valence-electron chi connectivity index (χ0n) is 14.2. The summed E-state index contributed by atoms with van der Waals surface area (Å²) in [5, 5.41) is 7.31. The summed E-state index contributed by atoms with van der Waals surface area (Å²) in [5.74, 6) is 1.50. The highest BCUT2D eigenvalue weighted by Crippen LogP contribution is 2.20. The molecule has 2 aromatic carbocycles. The Morgan fingerprint density at radius 3 is 2.28 bits per heavy atom. The normalized spacial score (nSPS) is 10.4. The zero-order valence-corrected chi connectivity index (χ0v) is 15.0. The van der Waals surface area contributed by atoms with Crippen molar-refractivity contribution in [1.29, 1.82) is 0 Å². The first-order valence-electron chi connectivity index (χ1n) is 7.95. The first-order valence-corrected chi connectivity index (χ1v) is 8.33. The van der Waals surface area contributed by atoms with Crippen LogP contribution in [0.25, 0.3) is 0 Å². The molecule has 5 nitrogen and oxygen atoms in total. The molecule has 0 spiro atoms. The molecule has 0 aliphatic rings. The molecule has 2 N–H and O–H groups in total. The van der Waals surface area contributed by atoms with Crippen molar-refractivity contribution < 1.29 is 0 Å². The van der Waals surface area contributed by atoms with E-state index in [-0.39, 0.29) is 0 Å². The van der Waals surface area contributed by atoms with Gasteiger partial charge in [-0.05, 0) is 42.0 Å². The van der Waals surface area contributed by atoms with Crippen molar-refractivity contribution in [2.45, 2.75) is 6.54 Å². The lowest BCUT2D eigenvalue weighted by atomic mass is 10.2. The van der Waals surface area contributed by atoms with Crippen molar-refractivity contribution in [1.82, 2.24) is 9.97 Å². The van der Waals surface area contributed by atoms with E-state index in [2.05, 4.69) is 37.6 Å². The third-order valence-corrected chi connectivity index (χ3v) is 3.96. The summed E-state index contributed by atoms with van der Waals surface area (Å²) in [5.41, 5.74) is 3.27. The number of benzene rings is 2. The highest BCUT2D eigenvalue weighted by atomic mass is 35.5. The Morgan fingerprint density at radius 1 is 0.920 bits per heavy atom. The summed E-state index contributed by atoms with van der Waals surface area (Å²) < 4.78 is 0. The van der Waals surface area contributed by atoms with Crippen molar-refractivity contribution in [3.8, 4) is 0 Å². The monoisotopic (exact) mass is 353 g/mol. The van der Waals surface area contributed by atoms with Crippen molar-refractivity contribution in [2.75, 3.05) is 29.6 Å². The van der Waals surface area contributed by atoms with Gasteiger partial charge in [-0.3, -0.25) is 0 Å². The summed E-state index contributed by atoms with van der Waals surface area (Å²) in [6, 6.07) is 17.8. The minimum Gasteiger partial charge on any atom is -0.378 e. The number of hydrogen-bond acceptors (Lipinski definition) is 5. The van der Waals surface area contributed by atoms with Crippen molar-refractivity contribution in [3.63, 3.8) is 0 Å². The van der Waals surface area contributed by atoms with Gasteiger partial charge in [0.15, 0.2) is 0 Å². The van der Waals surface area contributed by atoms with Crippen LogP contribution in [-0.2, 0) is 6.54 Å². The molecular formula is C19H20ClN5. The van der Waals surface area contributed by atoms with Crippen LogP contribution in [0.2, 0.25) is 5.02 Å². The van der Waals surface area contributed by atoms with E-state index in [1.807, 2.05) is 56.6 Å². The maximum Gasteiger partial charge on any atom is 0.135 e. The van der Waals surface area contributed by atoms with Gasteiger partial charge in [0, 0.05) is 43.1 Å². The lowest BCUT2D eigenvalue weighted by molar-refractivity contribution is 1.08. The van der Waals surface area contributed by atoms with Crippen LogP contribution in [0.4, 0.5) is 23.0 Å². The number of aromatic nitrogens is 2. The van der Waals surface area contributed by atoms with Gasteiger partial charge in [0.2, 0.25) is 0 Å². The zero-order chi connectivity index (χ0) is 17.6. The molecule has 0 radical (unpaired) electrons. The second-order valence-corrected chi connectivity index (χ2v) is 6.27. The molecule has 6 heteroatoms. The van der Waals surface area contributed by atoms with Crippen LogP contribution < -0.4 is 15.5 Å². The van der Waals surface area contributed by atoms with Crippen LogP contribution in [0.5, 0.6) is 0 Å². The van der Waals surface area contributed by atoms with Gasteiger partial charge in [-0.15, -0.1) is 0 Å². The summed E-state index contributed by atoms with van der Waals surface area (Å²) in [6.45, 7) is 0.672. The molecule has 0 aliphatic carbocycles. The number of hydrogen-bond donors (Lipinski definition) is 2. The van der Waals surface area contributed by atoms with E-state index >= 15 is 0 Å². The molecule has 3 rings (SSSR count). The van der Waals surface area contributed by atoms with Gasteiger partial charge in [0.1, 0.15) is 18.0 Å². The standard InChI is InChI=1S/C19H20ClN5/c1-25(2)17-9-7-16(8-10-17)24-19-11-18(22-13-23-19)21-12-14-3-5-15(20)6-4-14/h3-11,13H,12H2,1-2H3,(H2,21,22,23,24). The molecule has 0 saturated carbocycles. The summed E-state index contributed by atoms with van der Waals surface area (Å²) in [6.07, 6.45) is 1.54. The Kier molecular flexibility index (Phi) is 5.36. The molecule has 3 aromatic rings. The molecule has 0 saturated heterocycles. The van der Waals surface area contributed by atoms with Crippen LogP contribution in [0, 0.1) is 0 Å². The fourth-order valence-electron chi connectivity index (χ4n) is 2.31. The number of rotatable bonds is 6. The smallest absolute Gasteiger partial charge is 0.135 e. The van der Waals surface area contributed by atoms with E-state index in [0.717, 1.165) is 33.6 Å². The lowest BCUT2D eigenvalue weighted by Crippen LogP contribution is -2.08. The first kappa shape index (κ1) is 17.0. The molecule has 0 aliphatic heterocycles. The van der Waals surface area contributed by atoms with Gasteiger partial charge in [-0.1, -0.05) is 23.7 Å². The van der Waals surface area contributed by atoms with Gasteiger partial charge in [0.25, 0.3) is 0 Å². The number of nitrogens with zero attached hydrogens (tertiary/aromatic N) is 3. The topological polar surface area (TPSA) is 53.1 Å². The van der Waals surface area contributed by atoms with E-state index in [0.29, 0.717) is 6.54 Å². The third kappa shape index (κ3) is 4.84. The summed E-state index contributed by atoms with van der Waals surface area (Å²) in [7, 11) is 4.04. The van der Waals surface area contributed by atoms with Crippen LogP contribution in [0.1, 0.15) is 5.56 Å². The van der Waals surface area contributed by atoms with Gasteiger partial charge >= 0.3 is 0 Å². The average Bonchev–Trinajstić information content (AvgIpc) is 2.62. The Morgan fingerprint density at radius 2 is 1.60 bits per heavy atom. The largest absolute Gasteiger partial charge is 0.378 e. The molecule has 0 bridgehead atoms. The summed E-state index contributed by atoms with van der Waals surface area (Å²) in [4.78, 5) is 10.6. The molecule has 0 unspecified atom stereocenters. The fraction of sp³-hybridized carbons (Fsp3) is 0.158. The van der Waals surface area contributed by atoms with E-state index in [1.165, 1.54) is 0 Å². The Bertz CT molecular complexity index is 816. The Labute approximate surface area is 152 Å². The van der Waals surface area contributed by atoms with Crippen molar-refractivity contribution >= 4 is 34.6 Å². The number of halogens is 1. The SMILES string of the molecule is CN(C)c1ccc(Nc2cc(NCc3ccc(Cl)cc3)ncn2)cc1. The molecule has 128 valence electrons.